The topological polar surface area (TPSA) is 49.9 Å². The van der Waals surface area contributed by atoms with Crippen molar-refractivity contribution in [1.29, 1.82) is 5.41 Å². The molecular formula is C14H22N2. The van der Waals surface area contributed by atoms with E-state index in [1.165, 1.54) is 5.56 Å². The van der Waals surface area contributed by atoms with E-state index in [9.17, 15) is 0 Å². The van der Waals surface area contributed by atoms with Gasteiger partial charge in [0.2, 0.25) is 0 Å². The molecule has 1 aromatic rings. The van der Waals surface area contributed by atoms with Gasteiger partial charge in [-0.1, -0.05) is 45.0 Å². The molecule has 0 aliphatic heterocycles. The quantitative estimate of drug-likeness (QED) is 0.578. The zero-order chi connectivity index (χ0) is 12.1. The van der Waals surface area contributed by atoms with Crippen LogP contribution in [0, 0.1) is 11.3 Å². The molecule has 1 atom stereocenters. The lowest BCUT2D eigenvalue weighted by molar-refractivity contribution is 0.647. The van der Waals surface area contributed by atoms with Gasteiger partial charge in [0, 0.05) is 5.92 Å². The zero-order valence-corrected chi connectivity index (χ0v) is 10.5. The molecule has 0 saturated heterocycles. The Kier molecular flexibility index (Phi) is 4.53. The molecule has 0 radical (unpaired) electrons. The summed E-state index contributed by atoms with van der Waals surface area (Å²) in [4.78, 5) is 0. The number of amidine groups is 1. The lowest BCUT2D eigenvalue weighted by Crippen LogP contribution is -2.19. The van der Waals surface area contributed by atoms with Gasteiger partial charge in [-0.05, 0) is 29.9 Å². The van der Waals surface area contributed by atoms with Crippen LogP contribution in [0.25, 0.3) is 0 Å². The largest absolute Gasteiger partial charge is 0.387 e. The minimum atomic E-state index is 0.0769. The third-order valence-corrected chi connectivity index (χ3v) is 2.81. The van der Waals surface area contributed by atoms with E-state index in [1.54, 1.807) is 0 Å². The lowest BCUT2D eigenvalue weighted by Gasteiger charge is -2.14. The zero-order valence-electron chi connectivity index (χ0n) is 10.5. The number of benzene rings is 1. The van der Waals surface area contributed by atoms with E-state index in [2.05, 4.69) is 45.0 Å². The smallest absolute Gasteiger partial charge is 0.0981 e. The van der Waals surface area contributed by atoms with Crippen LogP contribution in [-0.2, 0) is 6.42 Å². The van der Waals surface area contributed by atoms with E-state index in [4.69, 9.17) is 11.1 Å². The Balaban J connectivity index is 2.81. The molecule has 0 fully saturated rings. The Morgan fingerprint density at radius 2 is 1.81 bits per heavy atom. The molecule has 0 aromatic heterocycles. The molecule has 88 valence electrons. The fourth-order valence-electron chi connectivity index (χ4n) is 1.99. The Labute approximate surface area is 98.4 Å². The minimum Gasteiger partial charge on any atom is -0.387 e. The highest BCUT2D eigenvalue weighted by Gasteiger charge is 2.11. The summed E-state index contributed by atoms with van der Waals surface area (Å²) >= 11 is 0. The van der Waals surface area contributed by atoms with Gasteiger partial charge in [-0.15, -0.1) is 0 Å². The van der Waals surface area contributed by atoms with Gasteiger partial charge in [0.15, 0.2) is 0 Å². The third kappa shape index (κ3) is 3.37. The van der Waals surface area contributed by atoms with Crippen LogP contribution < -0.4 is 5.73 Å². The second kappa shape index (κ2) is 5.69. The molecule has 2 nitrogen and oxygen atoms in total. The molecule has 0 saturated carbocycles. The highest BCUT2D eigenvalue weighted by atomic mass is 14.7. The number of rotatable bonds is 5. The first kappa shape index (κ1) is 12.8. The number of nitrogens with one attached hydrogen (secondary N) is 1. The van der Waals surface area contributed by atoms with E-state index < -0.39 is 0 Å². The van der Waals surface area contributed by atoms with Gasteiger partial charge in [-0.3, -0.25) is 5.41 Å². The van der Waals surface area contributed by atoms with Gasteiger partial charge in [-0.25, -0.2) is 0 Å². The van der Waals surface area contributed by atoms with Crippen molar-refractivity contribution in [2.24, 2.45) is 11.7 Å². The number of nitrogens with two attached hydrogens (primary N) is 1. The summed E-state index contributed by atoms with van der Waals surface area (Å²) in [7, 11) is 0. The Morgan fingerprint density at radius 1 is 1.25 bits per heavy atom. The molecule has 0 heterocycles. The molecule has 1 rings (SSSR count). The molecule has 0 aliphatic rings. The van der Waals surface area contributed by atoms with E-state index in [0.717, 1.165) is 18.4 Å². The summed E-state index contributed by atoms with van der Waals surface area (Å²) in [5, 5.41) is 7.53. The third-order valence-electron chi connectivity index (χ3n) is 2.81. The van der Waals surface area contributed by atoms with Crippen LogP contribution in [-0.4, -0.2) is 5.84 Å². The standard InChI is InChI=1S/C14H22N2/c1-4-13(14(15)16)12-7-5-11(6-8-12)9-10(2)3/h5-8,10,13H,4,9H2,1-3H3,(H3,15,16). The van der Waals surface area contributed by atoms with Crippen LogP contribution in [0.5, 0.6) is 0 Å². The van der Waals surface area contributed by atoms with Crippen molar-refractivity contribution in [3.8, 4) is 0 Å². The highest BCUT2D eigenvalue weighted by molar-refractivity contribution is 5.84. The van der Waals surface area contributed by atoms with Gasteiger partial charge in [0.05, 0.1) is 5.84 Å². The first-order chi connectivity index (χ1) is 7.54. The van der Waals surface area contributed by atoms with E-state index >= 15 is 0 Å². The average molecular weight is 218 g/mol. The van der Waals surface area contributed by atoms with Crippen LogP contribution in [0.4, 0.5) is 0 Å². The predicted octanol–water partition coefficient (Wildman–Crippen LogP) is 3.31. The first-order valence-electron chi connectivity index (χ1n) is 5.97. The number of hydrogen-bond acceptors (Lipinski definition) is 1. The van der Waals surface area contributed by atoms with Gasteiger partial charge in [-0.2, -0.15) is 0 Å². The number of hydrogen-bond donors (Lipinski definition) is 2. The molecule has 2 heteroatoms. The van der Waals surface area contributed by atoms with Gasteiger partial charge < -0.3 is 5.73 Å². The molecule has 16 heavy (non-hydrogen) atoms. The summed E-state index contributed by atoms with van der Waals surface area (Å²) in [5.74, 6) is 1.02. The molecule has 0 spiro atoms. The summed E-state index contributed by atoms with van der Waals surface area (Å²) in [6.45, 7) is 6.50. The molecule has 0 aliphatic carbocycles. The second-order valence-corrected chi connectivity index (χ2v) is 4.76. The maximum absolute atomic E-state index is 7.53. The van der Waals surface area contributed by atoms with Crippen molar-refractivity contribution >= 4 is 5.84 Å². The molecule has 1 aromatic carbocycles. The minimum absolute atomic E-state index is 0.0769. The molecule has 1 unspecified atom stereocenters. The molecule has 0 amide bonds. The Morgan fingerprint density at radius 3 is 2.19 bits per heavy atom. The van der Waals surface area contributed by atoms with E-state index in [0.29, 0.717) is 5.92 Å². The average Bonchev–Trinajstić information content (AvgIpc) is 2.20. The van der Waals surface area contributed by atoms with Crippen LogP contribution in [0.2, 0.25) is 0 Å². The molecule has 3 N–H and O–H groups in total. The Hall–Kier alpha value is -1.31. The van der Waals surface area contributed by atoms with Crippen molar-refractivity contribution in [1.82, 2.24) is 0 Å². The summed E-state index contributed by atoms with van der Waals surface area (Å²) in [5.41, 5.74) is 8.09. The fraction of sp³-hybridized carbons (Fsp3) is 0.500. The maximum atomic E-state index is 7.53. The van der Waals surface area contributed by atoms with Gasteiger partial charge >= 0.3 is 0 Å². The first-order valence-corrected chi connectivity index (χ1v) is 5.97. The van der Waals surface area contributed by atoms with Crippen LogP contribution in [0.15, 0.2) is 24.3 Å². The summed E-state index contributed by atoms with van der Waals surface area (Å²) in [6.07, 6.45) is 2.00. The van der Waals surface area contributed by atoms with Crippen molar-refractivity contribution in [3.05, 3.63) is 35.4 Å². The van der Waals surface area contributed by atoms with Crippen LogP contribution in [0.1, 0.15) is 44.2 Å². The van der Waals surface area contributed by atoms with Crippen molar-refractivity contribution in [2.75, 3.05) is 0 Å². The van der Waals surface area contributed by atoms with E-state index in [1.807, 2.05) is 0 Å². The Bertz CT molecular complexity index is 338. The summed E-state index contributed by atoms with van der Waals surface area (Å²) < 4.78 is 0. The van der Waals surface area contributed by atoms with Crippen molar-refractivity contribution < 1.29 is 0 Å². The summed E-state index contributed by atoms with van der Waals surface area (Å²) in [6, 6.07) is 8.52. The fourth-order valence-corrected chi connectivity index (χ4v) is 1.99. The maximum Gasteiger partial charge on any atom is 0.0981 e. The van der Waals surface area contributed by atoms with Crippen LogP contribution in [0.3, 0.4) is 0 Å². The van der Waals surface area contributed by atoms with Crippen molar-refractivity contribution in [2.45, 2.75) is 39.5 Å². The monoisotopic (exact) mass is 218 g/mol. The second-order valence-electron chi connectivity index (χ2n) is 4.76. The molecular weight excluding hydrogens is 196 g/mol. The van der Waals surface area contributed by atoms with E-state index in [-0.39, 0.29) is 11.8 Å². The van der Waals surface area contributed by atoms with Crippen molar-refractivity contribution in [3.63, 3.8) is 0 Å². The predicted molar refractivity (Wildman–Crippen MR) is 69.9 cm³/mol. The SMILES string of the molecule is CCC(C(=N)N)c1ccc(CC(C)C)cc1. The lowest BCUT2D eigenvalue weighted by atomic mass is 9.93. The normalized spacial score (nSPS) is 12.8. The van der Waals surface area contributed by atoms with Gasteiger partial charge in [0.1, 0.15) is 0 Å². The highest BCUT2D eigenvalue weighted by Crippen LogP contribution is 2.20. The molecule has 0 bridgehead atoms. The van der Waals surface area contributed by atoms with Crippen LogP contribution >= 0.6 is 0 Å². The van der Waals surface area contributed by atoms with Gasteiger partial charge in [0.25, 0.3) is 0 Å².